The van der Waals surface area contributed by atoms with E-state index in [1.165, 1.54) is 22.3 Å². The van der Waals surface area contributed by atoms with Crippen LogP contribution in [0.5, 0.6) is 0 Å². The number of nitrogens with zero attached hydrogens (tertiary/aromatic N) is 2. The summed E-state index contributed by atoms with van der Waals surface area (Å²) in [7, 11) is 0. The Morgan fingerprint density at radius 1 is 0.714 bits per heavy atom. The molecule has 0 radical (unpaired) electrons. The van der Waals surface area contributed by atoms with Gasteiger partial charge in [0.15, 0.2) is 5.82 Å². The van der Waals surface area contributed by atoms with Crippen LogP contribution < -0.4 is 0 Å². The van der Waals surface area contributed by atoms with Gasteiger partial charge in [0.1, 0.15) is 5.58 Å². The van der Waals surface area contributed by atoms with E-state index < -0.39 is 0 Å². The van der Waals surface area contributed by atoms with Gasteiger partial charge in [0.2, 0.25) is 5.71 Å². The van der Waals surface area contributed by atoms with Crippen molar-refractivity contribution in [1.29, 1.82) is 0 Å². The second kappa shape index (κ2) is 7.49. The van der Waals surface area contributed by atoms with Gasteiger partial charge in [-0.05, 0) is 69.1 Å². The van der Waals surface area contributed by atoms with E-state index in [0.717, 1.165) is 36.7 Å². The van der Waals surface area contributed by atoms with Crippen LogP contribution >= 0.6 is 22.6 Å². The maximum atomic E-state index is 6.24. The van der Waals surface area contributed by atoms with Crippen LogP contribution in [0.4, 0.5) is 0 Å². The minimum absolute atomic E-state index is 0.0785. The lowest BCUT2D eigenvalue weighted by atomic mass is 9.82. The van der Waals surface area contributed by atoms with Gasteiger partial charge in [-0.3, -0.25) is 0 Å². The average molecular weight is 564 g/mol. The monoisotopic (exact) mass is 564 g/mol. The number of hydrogen-bond donors (Lipinski definition) is 0. The molecule has 0 saturated carbocycles. The first-order chi connectivity index (χ1) is 17.0. The van der Waals surface area contributed by atoms with Gasteiger partial charge in [0, 0.05) is 25.5 Å². The number of halogens is 1. The van der Waals surface area contributed by atoms with E-state index in [1.807, 2.05) is 24.3 Å². The Morgan fingerprint density at radius 3 is 2.40 bits per heavy atom. The van der Waals surface area contributed by atoms with Gasteiger partial charge in [-0.2, -0.15) is 4.98 Å². The lowest BCUT2D eigenvalue weighted by molar-refractivity contribution is 0.653. The highest BCUT2D eigenvalue weighted by molar-refractivity contribution is 14.1. The van der Waals surface area contributed by atoms with E-state index in [-0.39, 0.29) is 5.41 Å². The van der Waals surface area contributed by atoms with Crippen molar-refractivity contribution in [2.75, 3.05) is 0 Å². The molecule has 4 heteroatoms. The van der Waals surface area contributed by atoms with E-state index in [0.29, 0.717) is 11.5 Å². The van der Waals surface area contributed by atoms with Crippen molar-refractivity contribution in [2.24, 2.45) is 0 Å². The van der Waals surface area contributed by atoms with E-state index in [2.05, 4.69) is 103 Å². The molecule has 0 N–H and O–H groups in total. The quantitative estimate of drug-likeness (QED) is 0.198. The van der Waals surface area contributed by atoms with Crippen molar-refractivity contribution in [1.82, 2.24) is 9.97 Å². The molecule has 1 aliphatic rings. The Balaban J connectivity index is 1.53. The first-order valence-corrected chi connectivity index (χ1v) is 12.8. The number of aromatic nitrogens is 2. The number of para-hydroxylation sites is 1. The van der Waals surface area contributed by atoms with Gasteiger partial charge < -0.3 is 4.42 Å². The third-order valence-corrected chi connectivity index (χ3v) is 7.85. The number of rotatable bonds is 2. The molecule has 0 atom stereocenters. The van der Waals surface area contributed by atoms with Gasteiger partial charge in [0.05, 0.1) is 11.1 Å². The molecule has 0 spiro atoms. The van der Waals surface area contributed by atoms with Crippen LogP contribution in [0, 0.1) is 3.57 Å². The molecular formula is C31H21IN2O. The summed E-state index contributed by atoms with van der Waals surface area (Å²) in [5.74, 6) is 0.674. The highest BCUT2D eigenvalue weighted by Gasteiger charge is 2.35. The molecule has 168 valence electrons. The fourth-order valence-electron chi connectivity index (χ4n) is 5.44. The van der Waals surface area contributed by atoms with E-state index in [9.17, 15) is 0 Å². The van der Waals surface area contributed by atoms with Gasteiger partial charge in [-0.1, -0.05) is 80.6 Å². The summed E-state index contributed by atoms with van der Waals surface area (Å²) >= 11 is 2.33. The number of furan rings is 1. The average Bonchev–Trinajstić information content (AvgIpc) is 3.36. The Morgan fingerprint density at radius 2 is 1.51 bits per heavy atom. The lowest BCUT2D eigenvalue weighted by Crippen LogP contribution is -2.14. The summed E-state index contributed by atoms with van der Waals surface area (Å²) in [6, 6.07) is 31.9. The van der Waals surface area contributed by atoms with Gasteiger partial charge in [-0.15, -0.1) is 0 Å². The van der Waals surface area contributed by atoms with Crippen LogP contribution in [0.1, 0.15) is 25.0 Å². The highest BCUT2D eigenvalue weighted by atomic mass is 127. The molecule has 2 heterocycles. The molecule has 7 rings (SSSR count). The van der Waals surface area contributed by atoms with Crippen LogP contribution in [-0.2, 0) is 5.41 Å². The van der Waals surface area contributed by atoms with Crippen molar-refractivity contribution in [2.45, 2.75) is 19.3 Å². The van der Waals surface area contributed by atoms with Crippen LogP contribution in [0.2, 0.25) is 0 Å². The number of fused-ring (bicyclic) bond motifs is 6. The standard InChI is InChI=1S/C31H21IN2O/c1-31(2)24-12-5-3-10-21(24)22-15-14-18(17-25(22)31)28-27-23-11-4-6-13-26(23)35-30(27)34-29(33-28)19-8-7-9-20(32)16-19/h3-17H,1-2H3. The summed E-state index contributed by atoms with van der Waals surface area (Å²) in [4.78, 5) is 10.0. The Labute approximate surface area is 217 Å². The molecule has 0 amide bonds. The first-order valence-electron chi connectivity index (χ1n) is 11.7. The lowest BCUT2D eigenvalue weighted by Gasteiger charge is -2.22. The first kappa shape index (κ1) is 20.8. The predicted molar refractivity (Wildman–Crippen MR) is 150 cm³/mol. The van der Waals surface area contributed by atoms with Crippen molar-refractivity contribution in [3.63, 3.8) is 0 Å². The molecule has 0 saturated heterocycles. The Kier molecular flexibility index (Phi) is 4.46. The number of hydrogen-bond acceptors (Lipinski definition) is 3. The van der Waals surface area contributed by atoms with Crippen LogP contribution in [0.15, 0.2) is 95.4 Å². The third-order valence-electron chi connectivity index (χ3n) is 7.18. The highest BCUT2D eigenvalue weighted by Crippen LogP contribution is 2.50. The van der Waals surface area contributed by atoms with Gasteiger partial charge >= 0.3 is 0 Å². The van der Waals surface area contributed by atoms with Crippen molar-refractivity contribution in [3.8, 4) is 33.8 Å². The molecule has 3 nitrogen and oxygen atoms in total. The van der Waals surface area contributed by atoms with Gasteiger partial charge in [0.25, 0.3) is 0 Å². The summed E-state index contributed by atoms with van der Waals surface area (Å²) < 4.78 is 7.38. The minimum Gasteiger partial charge on any atom is -0.438 e. The summed E-state index contributed by atoms with van der Waals surface area (Å²) in [5.41, 5.74) is 9.65. The maximum Gasteiger partial charge on any atom is 0.231 e. The zero-order chi connectivity index (χ0) is 23.7. The number of benzene rings is 4. The van der Waals surface area contributed by atoms with Crippen LogP contribution in [-0.4, -0.2) is 9.97 Å². The maximum absolute atomic E-state index is 6.24. The fourth-order valence-corrected chi connectivity index (χ4v) is 5.98. The van der Waals surface area contributed by atoms with Crippen molar-refractivity contribution < 1.29 is 4.42 Å². The largest absolute Gasteiger partial charge is 0.438 e. The van der Waals surface area contributed by atoms with Gasteiger partial charge in [-0.25, -0.2) is 4.98 Å². The molecule has 0 unspecified atom stereocenters. The Hall–Kier alpha value is -3.51. The second-order valence-electron chi connectivity index (χ2n) is 9.62. The molecule has 35 heavy (non-hydrogen) atoms. The molecule has 0 fully saturated rings. The van der Waals surface area contributed by atoms with E-state index in [1.54, 1.807) is 0 Å². The van der Waals surface area contributed by atoms with Crippen molar-refractivity contribution >= 4 is 44.7 Å². The SMILES string of the molecule is CC1(C)c2ccccc2-c2ccc(-c3nc(-c4cccc(I)c4)nc4oc5ccccc5c34)cc21. The molecule has 2 aromatic heterocycles. The van der Waals surface area contributed by atoms with Crippen LogP contribution in [0.3, 0.4) is 0 Å². The predicted octanol–water partition coefficient (Wildman–Crippen LogP) is 8.62. The summed E-state index contributed by atoms with van der Waals surface area (Å²) in [5, 5.41) is 2.00. The zero-order valence-corrected chi connectivity index (χ0v) is 21.5. The third kappa shape index (κ3) is 3.09. The fraction of sp³-hybridized carbons (Fsp3) is 0.0968. The van der Waals surface area contributed by atoms with Crippen molar-refractivity contribution in [3.05, 3.63) is 106 Å². The minimum atomic E-state index is -0.0785. The molecule has 1 aliphatic carbocycles. The van der Waals surface area contributed by atoms with Crippen LogP contribution in [0.25, 0.3) is 55.8 Å². The topological polar surface area (TPSA) is 38.9 Å². The van der Waals surface area contributed by atoms with E-state index >= 15 is 0 Å². The summed E-state index contributed by atoms with van der Waals surface area (Å²) in [6.45, 7) is 4.61. The molecule has 6 aromatic rings. The molecular weight excluding hydrogens is 543 g/mol. The molecule has 0 aliphatic heterocycles. The zero-order valence-electron chi connectivity index (χ0n) is 19.3. The summed E-state index contributed by atoms with van der Waals surface area (Å²) in [6.07, 6.45) is 0. The second-order valence-corrected chi connectivity index (χ2v) is 10.9. The molecule has 4 aromatic carbocycles. The smallest absolute Gasteiger partial charge is 0.231 e. The molecule has 0 bridgehead atoms. The Bertz CT molecular complexity index is 1800. The normalized spacial score (nSPS) is 13.8. The van der Waals surface area contributed by atoms with E-state index in [4.69, 9.17) is 14.4 Å².